The van der Waals surface area contributed by atoms with Gasteiger partial charge >= 0.3 is 0 Å². The van der Waals surface area contributed by atoms with Gasteiger partial charge in [0.05, 0.1) is 5.02 Å². The van der Waals surface area contributed by atoms with E-state index < -0.39 is 0 Å². The molecule has 0 radical (unpaired) electrons. The van der Waals surface area contributed by atoms with E-state index in [0.29, 0.717) is 11.1 Å². The average Bonchev–Trinajstić information content (AvgIpc) is 3.03. The van der Waals surface area contributed by atoms with Gasteiger partial charge in [-0.05, 0) is 38.0 Å². The van der Waals surface area contributed by atoms with Gasteiger partial charge in [-0.1, -0.05) is 27.5 Å². The van der Waals surface area contributed by atoms with Gasteiger partial charge in [-0.3, -0.25) is 0 Å². The van der Waals surface area contributed by atoms with Crippen molar-refractivity contribution in [3.8, 4) is 5.75 Å². The number of benzene rings is 1. The molecule has 0 saturated heterocycles. The molecule has 0 amide bonds. The van der Waals surface area contributed by atoms with Crippen LogP contribution in [0.2, 0.25) is 5.02 Å². The largest absolute Gasteiger partial charge is 0.488 e. The van der Waals surface area contributed by atoms with Crippen molar-refractivity contribution in [1.29, 1.82) is 0 Å². The number of nitrogens with one attached hydrogen (secondary N) is 1. The molecule has 4 heteroatoms. The summed E-state index contributed by atoms with van der Waals surface area (Å²) in [6.45, 7) is 2.92. The van der Waals surface area contributed by atoms with Crippen molar-refractivity contribution in [2.24, 2.45) is 0 Å². The standard InChI is InChI=1S/C12H15BrClNO/c1-8(7-15-10-3-4-10)16-12-5-2-9(13)6-11(12)14/h2,5-6,8,10,15H,3-4,7H2,1H3. The van der Waals surface area contributed by atoms with Crippen molar-refractivity contribution in [1.82, 2.24) is 5.32 Å². The highest BCUT2D eigenvalue weighted by Crippen LogP contribution is 2.28. The third kappa shape index (κ3) is 3.65. The van der Waals surface area contributed by atoms with E-state index in [2.05, 4.69) is 21.2 Å². The van der Waals surface area contributed by atoms with Crippen LogP contribution in [0.4, 0.5) is 0 Å². The Balaban J connectivity index is 1.86. The number of rotatable bonds is 5. The van der Waals surface area contributed by atoms with Gasteiger partial charge in [0.1, 0.15) is 11.9 Å². The second kappa shape index (κ2) is 5.39. The van der Waals surface area contributed by atoms with E-state index in [-0.39, 0.29) is 6.10 Å². The van der Waals surface area contributed by atoms with Gasteiger partial charge in [-0.25, -0.2) is 0 Å². The van der Waals surface area contributed by atoms with E-state index in [9.17, 15) is 0 Å². The molecule has 1 saturated carbocycles. The lowest BCUT2D eigenvalue weighted by Gasteiger charge is -2.16. The van der Waals surface area contributed by atoms with Crippen LogP contribution in [0.25, 0.3) is 0 Å². The minimum absolute atomic E-state index is 0.138. The Morgan fingerprint density at radius 2 is 2.31 bits per heavy atom. The second-order valence-corrected chi connectivity index (χ2v) is 5.51. The summed E-state index contributed by atoms with van der Waals surface area (Å²) in [4.78, 5) is 0. The number of hydrogen-bond donors (Lipinski definition) is 1. The maximum absolute atomic E-state index is 6.07. The van der Waals surface area contributed by atoms with Crippen LogP contribution in [0.5, 0.6) is 5.75 Å². The lowest BCUT2D eigenvalue weighted by Crippen LogP contribution is -2.30. The molecule has 1 fully saturated rings. The molecule has 2 rings (SSSR count). The van der Waals surface area contributed by atoms with Crippen LogP contribution in [0, 0.1) is 0 Å². The summed E-state index contributed by atoms with van der Waals surface area (Å²) in [5.74, 6) is 0.745. The Morgan fingerprint density at radius 1 is 1.56 bits per heavy atom. The van der Waals surface area contributed by atoms with E-state index in [1.165, 1.54) is 12.8 Å². The van der Waals surface area contributed by atoms with Crippen LogP contribution in [0.3, 0.4) is 0 Å². The molecular weight excluding hydrogens is 289 g/mol. The molecule has 1 aliphatic carbocycles. The van der Waals surface area contributed by atoms with E-state index in [0.717, 1.165) is 16.8 Å². The molecule has 0 aliphatic heterocycles. The van der Waals surface area contributed by atoms with Crippen molar-refractivity contribution >= 4 is 27.5 Å². The van der Waals surface area contributed by atoms with E-state index in [4.69, 9.17) is 16.3 Å². The Bertz CT molecular complexity index is 368. The summed E-state index contributed by atoms with van der Waals surface area (Å²) in [7, 11) is 0. The summed E-state index contributed by atoms with van der Waals surface area (Å²) >= 11 is 9.44. The maximum Gasteiger partial charge on any atom is 0.138 e. The minimum atomic E-state index is 0.138. The fourth-order valence-corrected chi connectivity index (χ4v) is 2.17. The highest BCUT2D eigenvalue weighted by atomic mass is 79.9. The summed E-state index contributed by atoms with van der Waals surface area (Å²) in [5, 5.41) is 4.08. The second-order valence-electron chi connectivity index (χ2n) is 4.19. The quantitative estimate of drug-likeness (QED) is 0.897. The summed E-state index contributed by atoms with van der Waals surface area (Å²) in [5.41, 5.74) is 0. The minimum Gasteiger partial charge on any atom is -0.488 e. The predicted molar refractivity (Wildman–Crippen MR) is 70.3 cm³/mol. The van der Waals surface area contributed by atoms with Gasteiger partial charge in [0.15, 0.2) is 0 Å². The van der Waals surface area contributed by atoms with Crippen LogP contribution in [-0.4, -0.2) is 18.7 Å². The number of halogens is 2. The van der Waals surface area contributed by atoms with Crippen LogP contribution in [-0.2, 0) is 0 Å². The monoisotopic (exact) mass is 303 g/mol. The molecule has 1 N–H and O–H groups in total. The average molecular weight is 305 g/mol. The molecule has 0 heterocycles. The van der Waals surface area contributed by atoms with Crippen molar-refractivity contribution in [2.75, 3.05) is 6.54 Å². The van der Waals surface area contributed by atoms with Gasteiger partial charge in [0, 0.05) is 17.1 Å². The number of ether oxygens (including phenoxy) is 1. The summed E-state index contributed by atoms with van der Waals surface area (Å²) in [6, 6.07) is 6.38. The fraction of sp³-hybridized carbons (Fsp3) is 0.500. The highest BCUT2D eigenvalue weighted by Gasteiger charge is 2.21. The topological polar surface area (TPSA) is 21.3 Å². The molecular formula is C12H15BrClNO. The van der Waals surface area contributed by atoms with Crippen LogP contribution < -0.4 is 10.1 Å². The predicted octanol–water partition coefficient (Wildman–Crippen LogP) is 3.62. The van der Waals surface area contributed by atoms with Crippen molar-refractivity contribution in [3.05, 3.63) is 27.7 Å². The van der Waals surface area contributed by atoms with Crippen LogP contribution >= 0.6 is 27.5 Å². The third-order valence-electron chi connectivity index (χ3n) is 2.49. The first-order valence-electron chi connectivity index (χ1n) is 5.50. The molecule has 88 valence electrons. The van der Waals surface area contributed by atoms with Crippen LogP contribution in [0.1, 0.15) is 19.8 Å². The van der Waals surface area contributed by atoms with E-state index in [1.807, 2.05) is 25.1 Å². The van der Waals surface area contributed by atoms with Crippen molar-refractivity contribution < 1.29 is 4.74 Å². The molecule has 0 spiro atoms. The zero-order chi connectivity index (χ0) is 11.5. The molecule has 0 bridgehead atoms. The Labute approximate surface area is 109 Å². The van der Waals surface area contributed by atoms with Gasteiger partial charge in [0.25, 0.3) is 0 Å². The molecule has 1 aromatic carbocycles. The lowest BCUT2D eigenvalue weighted by molar-refractivity contribution is 0.217. The first-order chi connectivity index (χ1) is 7.65. The summed E-state index contributed by atoms with van der Waals surface area (Å²) in [6.07, 6.45) is 2.73. The first-order valence-corrected chi connectivity index (χ1v) is 6.67. The SMILES string of the molecule is CC(CNC1CC1)Oc1ccc(Br)cc1Cl. The van der Waals surface area contributed by atoms with E-state index in [1.54, 1.807) is 0 Å². The van der Waals surface area contributed by atoms with Crippen LogP contribution in [0.15, 0.2) is 22.7 Å². The van der Waals surface area contributed by atoms with Crippen molar-refractivity contribution in [2.45, 2.75) is 31.9 Å². The van der Waals surface area contributed by atoms with Gasteiger partial charge in [-0.2, -0.15) is 0 Å². The smallest absolute Gasteiger partial charge is 0.138 e. The molecule has 1 aromatic rings. The first kappa shape index (κ1) is 12.2. The fourth-order valence-electron chi connectivity index (χ4n) is 1.45. The molecule has 1 unspecified atom stereocenters. The van der Waals surface area contributed by atoms with Crippen molar-refractivity contribution in [3.63, 3.8) is 0 Å². The van der Waals surface area contributed by atoms with E-state index >= 15 is 0 Å². The maximum atomic E-state index is 6.07. The normalized spacial score (nSPS) is 17.2. The Kier molecular flexibility index (Phi) is 4.11. The van der Waals surface area contributed by atoms with Gasteiger partial charge < -0.3 is 10.1 Å². The highest BCUT2D eigenvalue weighted by molar-refractivity contribution is 9.10. The van der Waals surface area contributed by atoms with Gasteiger partial charge in [0.2, 0.25) is 0 Å². The molecule has 16 heavy (non-hydrogen) atoms. The third-order valence-corrected chi connectivity index (χ3v) is 3.28. The summed E-state index contributed by atoms with van der Waals surface area (Å²) < 4.78 is 6.73. The molecule has 1 atom stereocenters. The molecule has 1 aliphatic rings. The van der Waals surface area contributed by atoms with Gasteiger partial charge in [-0.15, -0.1) is 0 Å². The number of hydrogen-bond acceptors (Lipinski definition) is 2. The Morgan fingerprint density at radius 3 is 2.94 bits per heavy atom. The molecule has 2 nitrogen and oxygen atoms in total. The zero-order valence-electron chi connectivity index (χ0n) is 9.17. The zero-order valence-corrected chi connectivity index (χ0v) is 11.5. The Hall–Kier alpha value is -0.250. The lowest BCUT2D eigenvalue weighted by atomic mass is 10.3. The molecule has 0 aromatic heterocycles.